The molecule has 2 rings (SSSR count). The van der Waals surface area contributed by atoms with Crippen LogP contribution in [0.5, 0.6) is 0 Å². The van der Waals surface area contributed by atoms with Gasteiger partial charge in [0.15, 0.2) is 0 Å². The van der Waals surface area contributed by atoms with Gasteiger partial charge < -0.3 is 15.4 Å². The Morgan fingerprint density at radius 2 is 2.20 bits per heavy atom. The maximum atomic E-state index is 11.6. The molecule has 20 heavy (non-hydrogen) atoms. The van der Waals surface area contributed by atoms with E-state index >= 15 is 0 Å². The molecular formula is C12H17N5O3. The van der Waals surface area contributed by atoms with Crippen LogP contribution in [0.25, 0.3) is 0 Å². The lowest BCUT2D eigenvalue weighted by molar-refractivity contribution is -0.123. The van der Waals surface area contributed by atoms with E-state index in [-0.39, 0.29) is 12.4 Å². The van der Waals surface area contributed by atoms with Crippen molar-refractivity contribution in [3.63, 3.8) is 0 Å². The molecule has 2 aromatic rings. The van der Waals surface area contributed by atoms with Crippen molar-refractivity contribution < 1.29 is 14.7 Å². The molecule has 0 aliphatic heterocycles. The van der Waals surface area contributed by atoms with Crippen molar-refractivity contribution in [3.8, 4) is 0 Å². The number of carbonyl (C=O) groups is 2. The third kappa shape index (κ3) is 4.92. The third-order valence-corrected chi connectivity index (χ3v) is 2.49. The first kappa shape index (κ1) is 15.4. The Kier molecular flexibility index (Phi) is 5.95. The molecule has 0 saturated heterocycles. The number of nitrogens with one attached hydrogen (secondary N) is 3. The van der Waals surface area contributed by atoms with E-state index in [0.29, 0.717) is 13.0 Å². The molecule has 108 valence electrons. The van der Waals surface area contributed by atoms with E-state index in [9.17, 15) is 4.79 Å². The number of carbonyl (C=O) groups excluding carboxylic acids is 1. The quantitative estimate of drug-likeness (QED) is 0.600. The maximum Gasteiger partial charge on any atom is 0.290 e. The summed E-state index contributed by atoms with van der Waals surface area (Å²) in [7, 11) is 0. The Labute approximate surface area is 115 Å². The van der Waals surface area contributed by atoms with Gasteiger partial charge in [-0.15, -0.1) is 0 Å². The first-order valence-corrected chi connectivity index (χ1v) is 5.91. The Morgan fingerprint density at radius 1 is 1.50 bits per heavy atom. The van der Waals surface area contributed by atoms with E-state index in [0.717, 1.165) is 22.8 Å². The highest BCUT2D eigenvalue weighted by atomic mass is 16.3. The van der Waals surface area contributed by atoms with Crippen molar-refractivity contribution in [1.29, 1.82) is 0 Å². The molecule has 0 atom stereocenters. The van der Waals surface area contributed by atoms with Crippen LogP contribution >= 0.6 is 0 Å². The maximum absolute atomic E-state index is 11.6. The summed E-state index contributed by atoms with van der Waals surface area (Å²) in [5.74, 6) is -0.0548. The van der Waals surface area contributed by atoms with Crippen LogP contribution in [-0.2, 0) is 22.6 Å². The van der Waals surface area contributed by atoms with Crippen LogP contribution in [0, 0.1) is 13.8 Å². The second kappa shape index (κ2) is 7.72. The molecule has 2 heterocycles. The van der Waals surface area contributed by atoms with E-state index in [1.807, 2.05) is 19.9 Å². The van der Waals surface area contributed by atoms with E-state index < -0.39 is 0 Å². The van der Waals surface area contributed by atoms with E-state index in [2.05, 4.69) is 25.5 Å². The lowest BCUT2D eigenvalue weighted by Gasteiger charge is -2.01. The number of amides is 1. The highest BCUT2D eigenvalue weighted by molar-refractivity contribution is 5.78. The molecule has 8 nitrogen and oxygen atoms in total. The minimum atomic E-state index is -0.250. The molecule has 0 saturated carbocycles. The van der Waals surface area contributed by atoms with Crippen LogP contribution in [0.15, 0.2) is 12.4 Å². The number of imidazole rings is 1. The van der Waals surface area contributed by atoms with E-state index in [4.69, 9.17) is 9.90 Å². The van der Waals surface area contributed by atoms with Crippen molar-refractivity contribution in [2.75, 3.05) is 0 Å². The summed E-state index contributed by atoms with van der Waals surface area (Å²) in [6.07, 6.45) is 1.88. The van der Waals surface area contributed by atoms with Crippen LogP contribution < -0.4 is 5.32 Å². The molecule has 0 aliphatic carbocycles. The van der Waals surface area contributed by atoms with Gasteiger partial charge in [-0.3, -0.25) is 14.7 Å². The Balaban J connectivity index is 0.000000612. The molecule has 1 amide bonds. The number of hydrogen-bond donors (Lipinski definition) is 4. The number of aryl methyl sites for hydroxylation is 2. The normalized spacial score (nSPS) is 9.50. The molecule has 0 spiro atoms. The fourth-order valence-corrected chi connectivity index (χ4v) is 1.53. The second-order valence-corrected chi connectivity index (χ2v) is 4.08. The Morgan fingerprint density at radius 3 is 2.70 bits per heavy atom. The number of hydrogen-bond acceptors (Lipinski definition) is 4. The van der Waals surface area contributed by atoms with Crippen molar-refractivity contribution in [3.05, 3.63) is 35.2 Å². The summed E-state index contributed by atoms with van der Waals surface area (Å²) in [6, 6.07) is 1.90. The molecule has 4 N–H and O–H groups in total. The number of aromatic nitrogens is 4. The second-order valence-electron chi connectivity index (χ2n) is 4.08. The van der Waals surface area contributed by atoms with Gasteiger partial charge in [0.2, 0.25) is 5.91 Å². The van der Waals surface area contributed by atoms with Gasteiger partial charge in [0.1, 0.15) is 0 Å². The molecular weight excluding hydrogens is 262 g/mol. The van der Waals surface area contributed by atoms with Crippen LogP contribution in [0.2, 0.25) is 0 Å². The molecule has 0 fully saturated rings. The van der Waals surface area contributed by atoms with Crippen molar-refractivity contribution in [1.82, 2.24) is 25.5 Å². The minimum absolute atomic E-state index is 0.0548. The molecule has 8 heteroatoms. The minimum Gasteiger partial charge on any atom is -0.483 e. The lowest BCUT2D eigenvalue weighted by atomic mass is 10.2. The van der Waals surface area contributed by atoms with Gasteiger partial charge in [0, 0.05) is 11.4 Å². The predicted octanol–water partition coefficient (Wildman–Crippen LogP) is 0.309. The zero-order valence-corrected chi connectivity index (χ0v) is 11.3. The molecule has 0 unspecified atom stereocenters. The fraction of sp³-hybridized carbons (Fsp3) is 0.333. The molecule has 0 aliphatic rings. The van der Waals surface area contributed by atoms with Crippen molar-refractivity contribution in [2.24, 2.45) is 0 Å². The van der Waals surface area contributed by atoms with Crippen LogP contribution in [0.1, 0.15) is 22.8 Å². The fourth-order valence-electron chi connectivity index (χ4n) is 1.53. The van der Waals surface area contributed by atoms with Crippen molar-refractivity contribution >= 4 is 12.4 Å². The number of aromatic amines is 2. The van der Waals surface area contributed by atoms with Crippen LogP contribution in [0.3, 0.4) is 0 Å². The highest BCUT2D eigenvalue weighted by Crippen LogP contribution is 2.02. The van der Waals surface area contributed by atoms with Gasteiger partial charge in [-0.1, -0.05) is 0 Å². The smallest absolute Gasteiger partial charge is 0.290 e. The van der Waals surface area contributed by atoms with Crippen LogP contribution in [-0.4, -0.2) is 37.7 Å². The first-order chi connectivity index (χ1) is 9.56. The van der Waals surface area contributed by atoms with E-state index in [1.165, 1.54) is 0 Å². The zero-order chi connectivity index (χ0) is 15.0. The Hall–Kier alpha value is -2.64. The van der Waals surface area contributed by atoms with Gasteiger partial charge >= 0.3 is 0 Å². The molecule has 0 aromatic carbocycles. The summed E-state index contributed by atoms with van der Waals surface area (Å²) >= 11 is 0. The summed E-state index contributed by atoms with van der Waals surface area (Å²) in [6.45, 7) is 4.00. The highest BCUT2D eigenvalue weighted by Gasteiger charge is 2.08. The van der Waals surface area contributed by atoms with Gasteiger partial charge in [0.25, 0.3) is 6.47 Å². The number of H-pyrrole nitrogens is 2. The third-order valence-electron chi connectivity index (χ3n) is 2.49. The summed E-state index contributed by atoms with van der Waals surface area (Å²) in [5, 5.41) is 16.6. The van der Waals surface area contributed by atoms with Crippen molar-refractivity contribution in [2.45, 2.75) is 26.8 Å². The van der Waals surface area contributed by atoms with Gasteiger partial charge in [-0.05, 0) is 19.9 Å². The lowest BCUT2D eigenvalue weighted by Crippen LogP contribution is -2.25. The number of rotatable bonds is 4. The monoisotopic (exact) mass is 279 g/mol. The largest absolute Gasteiger partial charge is 0.483 e. The summed E-state index contributed by atoms with van der Waals surface area (Å²) in [4.78, 5) is 27.0. The first-order valence-electron chi connectivity index (χ1n) is 5.91. The zero-order valence-electron chi connectivity index (χ0n) is 11.3. The Bertz CT molecular complexity index is 561. The number of nitrogens with zero attached hydrogens (tertiary/aromatic N) is 2. The average Bonchev–Trinajstić information content (AvgIpc) is 2.98. The summed E-state index contributed by atoms with van der Waals surface area (Å²) in [5.41, 5.74) is 3.52. The average molecular weight is 279 g/mol. The summed E-state index contributed by atoms with van der Waals surface area (Å²) < 4.78 is 0. The van der Waals surface area contributed by atoms with Gasteiger partial charge in [-0.25, -0.2) is 4.98 Å². The van der Waals surface area contributed by atoms with E-state index in [1.54, 1.807) is 6.33 Å². The van der Waals surface area contributed by atoms with Crippen LogP contribution in [0.4, 0.5) is 0 Å². The number of carboxylic acid groups (broad SMARTS) is 1. The SMILES string of the molecule is Cc1cc(CNC(=O)Cc2nc[nH]c2C)n[nH]1.O=CO. The molecule has 2 aromatic heterocycles. The topological polar surface area (TPSA) is 124 Å². The molecule has 0 bridgehead atoms. The predicted molar refractivity (Wildman–Crippen MR) is 70.9 cm³/mol. The van der Waals surface area contributed by atoms with Gasteiger partial charge in [0.05, 0.1) is 30.7 Å². The van der Waals surface area contributed by atoms with Gasteiger partial charge in [-0.2, -0.15) is 5.10 Å². The molecule has 0 radical (unpaired) electrons. The standard InChI is InChI=1S/C11H15N5O.CH2O2/c1-7-3-9(16-15-7)5-12-11(17)4-10-8(2)13-6-14-10;2-1-3/h3,6H,4-5H2,1-2H3,(H,12,17)(H,13,14)(H,15,16);1H,(H,2,3).